The maximum Gasteiger partial charge on any atom is 0.0947 e. The van der Waals surface area contributed by atoms with Crippen molar-refractivity contribution < 1.29 is 0 Å². The minimum absolute atomic E-state index is 0.386. The summed E-state index contributed by atoms with van der Waals surface area (Å²) >= 11 is 3.58. The Labute approximate surface area is 138 Å². The highest BCUT2D eigenvalue weighted by molar-refractivity contribution is 9.10. The first-order valence-corrected chi connectivity index (χ1v) is 8.50. The van der Waals surface area contributed by atoms with Crippen molar-refractivity contribution in [1.82, 2.24) is 19.9 Å². The molecule has 0 saturated carbocycles. The average molecular weight is 359 g/mol. The molecule has 3 aromatic rings. The topological polar surface area (TPSA) is 45.6 Å². The molecule has 2 aromatic heterocycles. The monoisotopic (exact) mass is 358 g/mol. The zero-order valence-electron chi connectivity index (χ0n) is 12.6. The van der Waals surface area contributed by atoms with Gasteiger partial charge in [0.2, 0.25) is 0 Å². The molecule has 5 heteroatoms. The molecule has 2 N–H and O–H groups in total. The first kappa shape index (κ1) is 14.0. The van der Waals surface area contributed by atoms with E-state index in [2.05, 4.69) is 55.6 Å². The van der Waals surface area contributed by atoms with Gasteiger partial charge < -0.3 is 14.9 Å². The van der Waals surface area contributed by atoms with Gasteiger partial charge in [0.1, 0.15) is 0 Å². The number of aromatic amines is 1. The Morgan fingerprint density at radius 2 is 2.36 bits per heavy atom. The molecule has 1 aliphatic carbocycles. The third-order valence-electron chi connectivity index (χ3n) is 4.46. The molecule has 1 unspecified atom stereocenters. The number of aromatic nitrogens is 3. The molecular formula is C17H19BrN4. The lowest BCUT2D eigenvalue weighted by Gasteiger charge is -2.23. The number of aryl methyl sites for hydroxylation is 2. The van der Waals surface area contributed by atoms with Gasteiger partial charge in [-0.1, -0.05) is 15.9 Å². The molecule has 4 rings (SSSR count). The van der Waals surface area contributed by atoms with E-state index in [1.54, 1.807) is 0 Å². The van der Waals surface area contributed by atoms with E-state index in [9.17, 15) is 0 Å². The van der Waals surface area contributed by atoms with Crippen LogP contribution in [0.2, 0.25) is 0 Å². The van der Waals surface area contributed by atoms with Crippen LogP contribution in [-0.2, 0) is 20.0 Å². The van der Waals surface area contributed by atoms with Crippen LogP contribution in [0.3, 0.4) is 0 Å². The summed E-state index contributed by atoms with van der Waals surface area (Å²) in [5.41, 5.74) is 5.16. The van der Waals surface area contributed by atoms with E-state index in [4.69, 9.17) is 0 Å². The molecule has 4 nitrogen and oxygen atoms in total. The largest absolute Gasteiger partial charge is 0.357 e. The highest BCUT2D eigenvalue weighted by Crippen LogP contribution is 2.35. The van der Waals surface area contributed by atoms with Crippen LogP contribution in [0.15, 0.2) is 35.2 Å². The molecule has 1 atom stereocenters. The molecule has 22 heavy (non-hydrogen) atoms. The lowest BCUT2D eigenvalue weighted by molar-refractivity contribution is 0.450. The van der Waals surface area contributed by atoms with Crippen LogP contribution in [0.4, 0.5) is 0 Å². The minimum Gasteiger partial charge on any atom is -0.357 e. The lowest BCUT2D eigenvalue weighted by atomic mass is 9.91. The van der Waals surface area contributed by atoms with Gasteiger partial charge in [0.15, 0.2) is 0 Å². The predicted octanol–water partition coefficient (Wildman–Crippen LogP) is 3.83. The Balaban J connectivity index is 1.62. The summed E-state index contributed by atoms with van der Waals surface area (Å²) in [6.07, 6.45) is 7.48. The van der Waals surface area contributed by atoms with Gasteiger partial charge in [-0.25, -0.2) is 4.98 Å². The third kappa shape index (κ3) is 2.48. The van der Waals surface area contributed by atoms with Crippen molar-refractivity contribution in [3.05, 3.63) is 52.1 Å². The van der Waals surface area contributed by atoms with Crippen LogP contribution in [0.25, 0.3) is 10.9 Å². The molecule has 0 saturated heterocycles. The maximum absolute atomic E-state index is 4.39. The van der Waals surface area contributed by atoms with Crippen LogP contribution in [0.1, 0.15) is 35.8 Å². The second-order valence-electron chi connectivity index (χ2n) is 6.06. The van der Waals surface area contributed by atoms with Crippen LogP contribution in [-0.4, -0.2) is 14.5 Å². The first-order chi connectivity index (χ1) is 10.7. The smallest absolute Gasteiger partial charge is 0.0947 e. The Hall–Kier alpha value is -1.59. The minimum atomic E-state index is 0.386. The summed E-state index contributed by atoms with van der Waals surface area (Å²) < 4.78 is 3.13. The van der Waals surface area contributed by atoms with Crippen LogP contribution >= 0.6 is 15.9 Å². The molecule has 0 amide bonds. The number of rotatable bonds is 3. The number of hydrogen-bond acceptors (Lipinski definition) is 2. The zero-order chi connectivity index (χ0) is 15.1. The van der Waals surface area contributed by atoms with Crippen LogP contribution in [0.5, 0.6) is 0 Å². The molecule has 1 aliphatic rings. The summed E-state index contributed by atoms with van der Waals surface area (Å²) in [5, 5.41) is 5.02. The van der Waals surface area contributed by atoms with Crippen molar-refractivity contribution in [2.45, 2.75) is 31.8 Å². The molecule has 1 aromatic carbocycles. The maximum atomic E-state index is 4.39. The van der Waals surface area contributed by atoms with Crippen molar-refractivity contribution >= 4 is 26.8 Å². The predicted molar refractivity (Wildman–Crippen MR) is 91.7 cm³/mol. The number of nitrogens with one attached hydrogen (secondary N) is 2. The van der Waals surface area contributed by atoms with Crippen molar-refractivity contribution in [2.75, 3.05) is 0 Å². The van der Waals surface area contributed by atoms with Gasteiger partial charge in [-0.15, -0.1) is 0 Å². The van der Waals surface area contributed by atoms with Crippen molar-refractivity contribution in [3.63, 3.8) is 0 Å². The molecule has 0 bridgehead atoms. The fourth-order valence-corrected chi connectivity index (χ4v) is 3.79. The summed E-state index contributed by atoms with van der Waals surface area (Å²) in [5.74, 6) is 0. The third-order valence-corrected chi connectivity index (χ3v) is 4.95. The van der Waals surface area contributed by atoms with E-state index in [0.717, 1.165) is 23.1 Å². The van der Waals surface area contributed by atoms with E-state index in [-0.39, 0.29) is 0 Å². The Bertz CT molecular complexity index is 817. The summed E-state index contributed by atoms with van der Waals surface area (Å²) in [7, 11) is 2.00. The normalized spacial score (nSPS) is 17.8. The standard InChI is InChI=1S/C17H19BrN4/c1-22-9-12(20-10-22)8-19-16-4-2-3-13-14-7-11(18)5-6-15(14)21-17(13)16/h5-7,9-10,16,19,21H,2-4,8H2,1H3. The van der Waals surface area contributed by atoms with E-state index in [1.165, 1.54) is 35.0 Å². The average Bonchev–Trinajstić information content (AvgIpc) is 3.09. The number of fused-ring (bicyclic) bond motifs is 3. The van der Waals surface area contributed by atoms with Gasteiger partial charge in [-0.05, 0) is 43.0 Å². The van der Waals surface area contributed by atoms with Gasteiger partial charge >= 0.3 is 0 Å². The molecule has 0 spiro atoms. The quantitative estimate of drug-likeness (QED) is 0.747. The number of hydrogen-bond donors (Lipinski definition) is 2. The summed E-state index contributed by atoms with van der Waals surface area (Å²) in [4.78, 5) is 8.02. The van der Waals surface area contributed by atoms with Gasteiger partial charge in [-0.2, -0.15) is 0 Å². The summed E-state index contributed by atoms with van der Waals surface area (Å²) in [6, 6.07) is 6.87. The number of halogens is 1. The highest BCUT2D eigenvalue weighted by Gasteiger charge is 2.24. The van der Waals surface area contributed by atoms with Gasteiger partial charge in [0.05, 0.1) is 12.0 Å². The molecule has 0 fully saturated rings. The van der Waals surface area contributed by atoms with Crippen molar-refractivity contribution in [3.8, 4) is 0 Å². The van der Waals surface area contributed by atoms with E-state index in [1.807, 2.05) is 17.9 Å². The summed E-state index contributed by atoms with van der Waals surface area (Å²) in [6.45, 7) is 0.810. The van der Waals surface area contributed by atoms with Gasteiger partial charge in [-0.3, -0.25) is 0 Å². The van der Waals surface area contributed by atoms with Gasteiger partial charge in [0.25, 0.3) is 0 Å². The van der Waals surface area contributed by atoms with E-state index in [0.29, 0.717) is 6.04 Å². The highest BCUT2D eigenvalue weighted by atomic mass is 79.9. The molecule has 0 radical (unpaired) electrons. The first-order valence-electron chi connectivity index (χ1n) is 7.71. The molecule has 0 aliphatic heterocycles. The van der Waals surface area contributed by atoms with E-state index >= 15 is 0 Å². The Morgan fingerprint density at radius 1 is 1.45 bits per heavy atom. The van der Waals surface area contributed by atoms with E-state index < -0.39 is 0 Å². The Kier molecular flexibility index (Phi) is 3.54. The number of nitrogens with zero attached hydrogens (tertiary/aromatic N) is 2. The number of benzene rings is 1. The fourth-order valence-electron chi connectivity index (χ4n) is 3.42. The van der Waals surface area contributed by atoms with Crippen LogP contribution < -0.4 is 5.32 Å². The van der Waals surface area contributed by atoms with Crippen molar-refractivity contribution in [2.24, 2.45) is 7.05 Å². The molecule has 2 heterocycles. The molecule has 114 valence electrons. The SMILES string of the molecule is Cn1cnc(CNC2CCCc3c2[nH]c2ccc(Br)cc32)c1. The fraction of sp³-hybridized carbons (Fsp3) is 0.353. The van der Waals surface area contributed by atoms with Gasteiger partial charge in [0, 0.05) is 46.9 Å². The Morgan fingerprint density at radius 3 is 3.18 bits per heavy atom. The lowest BCUT2D eigenvalue weighted by Crippen LogP contribution is -2.25. The molecular weight excluding hydrogens is 340 g/mol. The second kappa shape index (κ2) is 5.56. The second-order valence-corrected chi connectivity index (χ2v) is 6.98. The van der Waals surface area contributed by atoms with Crippen LogP contribution in [0, 0.1) is 0 Å². The van der Waals surface area contributed by atoms with Crippen molar-refractivity contribution in [1.29, 1.82) is 0 Å². The number of imidazole rings is 1. The number of H-pyrrole nitrogens is 1. The zero-order valence-corrected chi connectivity index (χ0v) is 14.2.